The van der Waals surface area contributed by atoms with Gasteiger partial charge in [-0.2, -0.15) is 5.10 Å². The van der Waals surface area contributed by atoms with E-state index in [-0.39, 0.29) is 23.2 Å². The van der Waals surface area contributed by atoms with Crippen molar-refractivity contribution < 1.29 is 18.0 Å². The summed E-state index contributed by atoms with van der Waals surface area (Å²) >= 11 is 5.77. The van der Waals surface area contributed by atoms with Gasteiger partial charge in [-0.25, -0.2) is 9.40 Å². The highest BCUT2D eigenvalue weighted by Crippen LogP contribution is 2.33. The van der Waals surface area contributed by atoms with E-state index in [9.17, 15) is 9.18 Å². The number of halogens is 2. The average Bonchev–Trinajstić information content (AvgIpc) is 3.41. The predicted molar refractivity (Wildman–Crippen MR) is 98.1 cm³/mol. The van der Waals surface area contributed by atoms with Gasteiger partial charge in [-0.3, -0.25) is 4.79 Å². The molecule has 8 heteroatoms. The Kier molecular flexibility index (Phi) is 4.68. The van der Waals surface area contributed by atoms with Crippen LogP contribution in [-0.4, -0.2) is 23.2 Å². The van der Waals surface area contributed by atoms with E-state index in [4.69, 9.17) is 20.4 Å². The fourth-order valence-corrected chi connectivity index (χ4v) is 3.10. The Morgan fingerprint density at radius 1 is 1.22 bits per heavy atom. The molecule has 2 aromatic heterocycles. The van der Waals surface area contributed by atoms with Gasteiger partial charge in [0.25, 0.3) is 5.91 Å². The molecule has 0 bridgehead atoms. The summed E-state index contributed by atoms with van der Waals surface area (Å²) in [6, 6.07) is 11.3. The number of rotatable bonds is 5. The van der Waals surface area contributed by atoms with Crippen molar-refractivity contribution >= 4 is 28.9 Å². The summed E-state index contributed by atoms with van der Waals surface area (Å²) in [7, 11) is 0. The van der Waals surface area contributed by atoms with E-state index < -0.39 is 11.9 Å². The summed E-state index contributed by atoms with van der Waals surface area (Å²) in [6.45, 7) is -0.149. The molecule has 138 valence electrons. The Morgan fingerprint density at radius 3 is 2.78 bits per heavy atom. The van der Waals surface area contributed by atoms with Gasteiger partial charge < -0.3 is 14.2 Å². The number of hydrogen-bond acceptors (Lipinski definition) is 5. The quantitative estimate of drug-likeness (QED) is 0.701. The van der Waals surface area contributed by atoms with Crippen molar-refractivity contribution in [3.63, 3.8) is 0 Å². The van der Waals surface area contributed by atoms with Gasteiger partial charge in [0, 0.05) is 6.42 Å². The van der Waals surface area contributed by atoms with Crippen molar-refractivity contribution in [2.24, 2.45) is 5.10 Å². The highest BCUT2D eigenvalue weighted by Gasteiger charge is 2.35. The maximum Gasteiger partial charge on any atom is 0.262 e. The molecule has 6 nitrogen and oxygen atoms in total. The second kappa shape index (κ2) is 7.28. The second-order valence-corrected chi connectivity index (χ2v) is 6.36. The molecule has 3 heterocycles. The lowest BCUT2D eigenvalue weighted by Gasteiger charge is -2.20. The highest BCUT2D eigenvalue weighted by molar-refractivity contribution is 6.31. The second-order valence-electron chi connectivity index (χ2n) is 5.95. The lowest BCUT2D eigenvalue weighted by atomic mass is 10.1. The number of furan rings is 2. The molecule has 0 saturated heterocycles. The topological polar surface area (TPSA) is 71.0 Å². The molecule has 1 aliphatic heterocycles. The zero-order chi connectivity index (χ0) is 18.8. The number of nitrogens with one attached hydrogen (secondary N) is 1. The maximum atomic E-state index is 14.0. The first-order chi connectivity index (χ1) is 13.1. The van der Waals surface area contributed by atoms with Crippen molar-refractivity contribution in [1.82, 2.24) is 5.01 Å². The number of anilines is 1. The fraction of sp³-hybridized carbons (Fsp3) is 0.158. The maximum absolute atomic E-state index is 14.0. The Balaban J connectivity index is 1.54. The van der Waals surface area contributed by atoms with Crippen LogP contribution >= 0.6 is 11.6 Å². The van der Waals surface area contributed by atoms with Crippen LogP contribution in [0.1, 0.15) is 24.0 Å². The molecule has 0 saturated carbocycles. The normalized spacial score (nSPS) is 16.4. The molecular formula is C19H15ClFN3O3. The zero-order valence-corrected chi connectivity index (χ0v) is 14.8. The first-order valence-electron chi connectivity index (χ1n) is 8.28. The smallest absolute Gasteiger partial charge is 0.262 e. The van der Waals surface area contributed by atoms with Gasteiger partial charge in [0.2, 0.25) is 0 Å². The SMILES string of the molecule is O=C(CNc1cccc(Cl)c1F)N1N=C(c2ccco2)CC1c1ccco1. The molecule has 0 spiro atoms. The number of amides is 1. The summed E-state index contributed by atoms with van der Waals surface area (Å²) in [5.41, 5.74) is 0.795. The van der Waals surface area contributed by atoms with Crippen molar-refractivity contribution in [3.8, 4) is 0 Å². The molecule has 1 atom stereocenters. The van der Waals surface area contributed by atoms with Crippen LogP contribution in [0.15, 0.2) is 68.9 Å². The van der Waals surface area contributed by atoms with Gasteiger partial charge in [-0.05, 0) is 36.4 Å². The van der Waals surface area contributed by atoms with Crippen LogP contribution in [0, 0.1) is 5.82 Å². The molecular weight excluding hydrogens is 373 g/mol. The number of carbonyl (C=O) groups excluding carboxylic acids is 1. The Hall–Kier alpha value is -3.06. The first-order valence-corrected chi connectivity index (χ1v) is 8.66. The van der Waals surface area contributed by atoms with Crippen LogP contribution in [0.25, 0.3) is 0 Å². The summed E-state index contributed by atoms with van der Waals surface area (Å²) in [6.07, 6.45) is 3.55. The largest absolute Gasteiger partial charge is 0.467 e. The van der Waals surface area contributed by atoms with Gasteiger partial charge in [0.05, 0.1) is 29.8 Å². The van der Waals surface area contributed by atoms with E-state index >= 15 is 0 Å². The van der Waals surface area contributed by atoms with Crippen molar-refractivity contribution in [2.45, 2.75) is 12.5 Å². The fourth-order valence-electron chi connectivity index (χ4n) is 2.93. The zero-order valence-electron chi connectivity index (χ0n) is 14.1. The van der Waals surface area contributed by atoms with Gasteiger partial charge in [0.1, 0.15) is 23.3 Å². The molecule has 0 fully saturated rings. The minimum atomic E-state index is -0.601. The molecule has 1 aromatic carbocycles. The Labute approximate surface area is 159 Å². The van der Waals surface area contributed by atoms with Crippen LogP contribution in [0.5, 0.6) is 0 Å². The average molecular weight is 388 g/mol. The number of nitrogens with zero attached hydrogens (tertiary/aromatic N) is 2. The molecule has 0 radical (unpaired) electrons. The molecule has 3 aromatic rings. The van der Waals surface area contributed by atoms with E-state index in [0.717, 1.165) is 0 Å². The van der Waals surface area contributed by atoms with Crippen molar-refractivity contribution in [2.75, 3.05) is 11.9 Å². The van der Waals surface area contributed by atoms with Gasteiger partial charge in [-0.1, -0.05) is 17.7 Å². The third-order valence-corrected chi connectivity index (χ3v) is 4.52. The van der Waals surface area contributed by atoms with E-state index in [1.807, 2.05) is 0 Å². The van der Waals surface area contributed by atoms with Crippen molar-refractivity contribution in [1.29, 1.82) is 0 Å². The molecule has 1 N–H and O–H groups in total. The number of carbonyl (C=O) groups is 1. The van der Waals surface area contributed by atoms with Crippen LogP contribution in [-0.2, 0) is 4.79 Å². The van der Waals surface area contributed by atoms with Crippen LogP contribution in [0.4, 0.5) is 10.1 Å². The summed E-state index contributed by atoms with van der Waals surface area (Å²) in [5.74, 6) is 0.270. The van der Waals surface area contributed by atoms with E-state index in [1.165, 1.54) is 17.1 Å². The van der Waals surface area contributed by atoms with Crippen LogP contribution < -0.4 is 5.32 Å². The van der Waals surface area contributed by atoms with E-state index in [2.05, 4.69) is 10.4 Å². The molecule has 1 aliphatic rings. The lowest BCUT2D eigenvalue weighted by molar-refractivity contribution is -0.131. The van der Waals surface area contributed by atoms with Gasteiger partial charge in [-0.15, -0.1) is 0 Å². The standard InChI is InChI=1S/C19H15ClFN3O3/c20-12-4-1-5-13(19(12)21)22-11-18(25)24-15(17-7-3-9-27-17)10-14(23-24)16-6-2-8-26-16/h1-9,15,22H,10-11H2. The summed E-state index contributed by atoms with van der Waals surface area (Å²) in [5, 5.41) is 8.50. The highest BCUT2D eigenvalue weighted by atomic mass is 35.5. The minimum Gasteiger partial charge on any atom is -0.467 e. The van der Waals surface area contributed by atoms with E-state index in [0.29, 0.717) is 23.7 Å². The number of benzene rings is 1. The van der Waals surface area contributed by atoms with Gasteiger partial charge >= 0.3 is 0 Å². The van der Waals surface area contributed by atoms with Crippen LogP contribution in [0.2, 0.25) is 5.02 Å². The summed E-state index contributed by atoms with van der Waals surface area (Å²) < 4.78 is 24.9. The molecule has 1 amide bonds. The molecule has 4 rings (SSSR count). The van der Waals surface area contributed by atoms with Crippen molar-refractivity contribution in [3.05, 3.63) is 77.4 Å². The van der Waals surface area contributed by atoms with Crippen LogP contribution in [0.3, 0.4) is 0 Å². The lowest BCUT2D eigenvalue weighted by Crippen LogP contribution is -2.32. The predicted octanol–water partition coefficient (Wildman–Crippen LogP) is 4.45. The third-order valence-electron chi connectivity index (χ3n) is 4.22. The number of hydrogen-bond donors (Lipinski definition) is 1. The molecule has 27 heavy (non-hydrogen) atoms. The van der Waals surface area contributed by atoms with Gasteiger partial charge in [0.15, 0.2) is 5.82 Å². The third kappa shape index (κ3) is 3.46. The van der Waals surface area contributed by atoms with E-state index in [1.54, 1.807) is 42.9 Å². The minimum absolute atomic E-state index is 0.0137. The Bertz CT molecular complexity index is 970. The first kappa shape index (κ1) is 17.4. The number of hydrazone groups is 1. The Morgan fingerprint density at radius 2 is 2.04 bits per heavy atom. The summed E-state index contributed by atoms with van der Waals surface area (Å²) in [4.78, 5) is 12.8. The molecule has 1 unspecified atom stereocenters. The monoisotopic (exact) mass is 387 g/mol. The molecule has 0 aliphatic carbocycles.